The summed E-state index contributed by atoms with van der Waals surface area (Å²) in [7, 11) is 1.38. The Bertz CT molecular complexity index is 634. The van der Waals surface area contributed by atoms with Gasteiger partial charge in [0.15, 0.2) is 0 Å². The molecule has 1 aromatic rings. The smallest absolute Gasteiger partial charge is 0.416 e. The van der Waals surface area contributed by atoms with Crippen LogP contribution in [-0.2, 0) is 15.7 Å². The number of carbonyl (C=O) groups excluding carboxylic acids is 1. The van der Waals surface area contributed by atoms with Gasteiger partial charge in [-0.1, -0.05) is 0 Å². The van der Waals surface area contributed by atoms with Crippen LogP contribution in [0.2, 0.25) is 0 Å². The van der Waals surface area contributed by atoms with Crippen molar-refractivity contribution in [2.75, 3.05) is 38.2 Å². The fourth-order valence-corrected chi connectivity index (χ4v) is 4.06. The summed E-state index contributed by atoms with van der Waals surface area (Å²) in [6.07, 6.45) is -1.61. The van der Waals surface area contributed by atoms with Crippen molar-refractivity contribution in [1.82, 2.24) is 5.32 Å². The Labute approximate surface area is 151 Å². The maximum absolute atomic E-state index is 13.2. The van der Waals surface area contributed by atoms with E-state index in [-0.39, 0.29) is 17.8 Å². The number of hydrogen-bond donors (Lipinski definition) is 1. The molecule has 1 heterocycles. The molecule has 0 atom stereocenters. The first kappa shape index (κ1) is 19.0. The van der Waals surface area contributed by atoms with Gasteiger partial charge in [0.25, 0.3) is 0 Å². The number of anilines is 1. The molecule has 0 amide bonds. The van der Waals surface area contributed by atoms with E-state index in [2.05, 4.69) is 10.2 Å². The molecule has 4 nitrogen and oxygen atoms in total. The third kappa shape index (κ3) is 4.14. The third-order valence-electron chi connectivity index (χ3n) is 5.51. The number of halogens is 3. The number of esters is 1. The topological polar surface area (TPSA) is 41.6 Å². The van der Waals surface area contributed by atoms with Gasteiger partial charge in [-0.25, -0.2) is 0 Å². The molecule has 3 rings (SSSR count). The molecule has 0 unspecified atom stereocenters. The minimum absolute atomic E-state index is 0.0445. The summed E-state index contributed by atoms with van der Waals surface area (Å²) in [6, 6.07) is 4.12. The zero-order chi connectivity index (χ0) is 18.7. The van der Waals surface area contributed by atoms with Crippen LogP contribution in [0.4, 0.5) is 18.9 Å². The SMILES string of the molecule is COC(=O)[C@H]1CC[C@H](c2cc(C(F)(F)F)ccc2N2CCNCC2)CC1. The summed E-state index contributed by atoms with van der Waals surface area (Å²) in [5.41, 5.74) is 1.08. The highest BCUT2D eigenvalue weighted by Crippen LogP contribution is 2.42. The number of benzene rings is 1. The number of methoxy groups -OCH3 is 1. The number of rotatable bonds is 3. The molecule has 0 spiro atoms. The lowest BCUT2D eigenvalue weighted by Gasteiger charge is -2.35. The first-order valence-corrected chi connectivity index (χ1v) is 9.14. The standard InChI is InChI=1S/C19H25F3N2O2/c1-26-18(25)14-4-2-13(3-5-14)16-12-15(19(20,21)22)6-7-17(16)24-10-8-23-9-11-24/h6-7,12-14,23H,2-5,8-11H2,1H3/t13-,14-. The molecule has 1 saturated heterocycles. The molecule has 144 valence electrons. The van der Waals surface area contributed by atoms with Crippen LogP contribution >= 0.6 is 0 Å². The lowest BCUT2D eigenvalue weighted by Crippen LogP contribution is -2.44. The molecule has 1 aliphatic carbocycles. The van der Waals surface area contributed by atoms with Gasteiger partial charge in [-0.05, 0) is 55.4 Å². The van der Waals surface area contributed by atoms with Crippen molar-refractivity contribution in [1.29, 1.82) is 0 Å². The number of ether oxygens (including phenoxy) is 1. The zero-order valence-electron chi connectivity index (χ0n) is 14.9. The lowest BCUT2D eigenvalue weighted by molar-refractivity contribution is -0.146. The maximum atomic E-state index is 13.2. The van der Waals surface area contributed by atoms with Crippen molar-refractivity contribution >= 4 is 11.7 Å². The number of alkyl halides is 3. The summed E-state index contributed by atoms with van der Waals surface area (Å²) >= 11 is 0. The van der Waals surface area contributed by atoms with Gasteiger partial charge in [-0.2, -0.15) is 13.2 Å². The fourth-order valence-electron chi connectivity index (χ4n) is 4.06. The third-order valence-corrected chi connectivity index (χ3v) is 5.51. The molecule has 2 fully saturated rings. The van der Waals surface area contributed by atoms with E-state index in [1.165, 1.54) is 19.2 Å². The van der Waals surface area contributed by atoms with Crippen molar-refractivity contribution < 1.29 is 22.7 Å². The molecule has 0 aromatic heterocycles. The Kier molecular flexibility index (Phi) is 5.75. The first-order chi connectivity index (χ1) is 12.4. The quantitative estimate of drug-likeness (QED) is 0.826. The van der Waals surface area contributed by atoms with Gasteiger partial charge in [0, 0.05) is 31.9 Å². The Morgan fingerprint density at radius 2 is 1.81 bits per heavy atom. The van der Waals surface area contributed by atoms with Crippen molar-refractivity contribution in [3.8, 4) is 0 Å². The van der Waals surface area contributed by atoms with E-state index in [0.717, 1.165) is 37.4 Å². The van der Waals surface area contributed by atoms with Crippen molar-refractivity contribution in [3.05, 3.63) is 29.3 Å². The summed E-state index contributed by atoms with van der Waals surface area (Å²) in [4.78, 5) is 13.9. The maximum Gasteiger partial charge on any atom is 0.416 e. The summed E-state index contributed by atoms with van der Waals surface area (Å²) in [6.45, 7) is 3.23. The highest BCUT2D eigenvalue weighted by molar-refractivity contribution is 5.72. The number of nitrogens with zero attached hydrogens (tertiary/aromatic N) is 1. The fraction of sp³-hybridized carbons (Fsp3) is 0.632. The average Bonchev–Trinajstić information content (AvgIpc) is 2.67. The largest absolute Gasteiger partial charge is 0.469 e. The van der Waals surface area contributed by atoms with Gasteiger partial charge in [-0.15, -0.1) is 0 Å². The molecule has 1 aromatic carbocycles. The van der Waals surface area contributed by atoms with Gasteiger partial charge in [0.1, 0.15) is 0 Å². The number of nitrogens with one attached hydrogen (secondary N) is 1. The van der Waals surface area contributed by atoms with Crippen LogP contribution in [0.5, 0.6) is 0 Å². The van der Waals surface area contributed by atoms with Gasteiger partial charge >= 0.3 is 12.1 Å². The molecule has 1 N–H and O–H groups in total. The average molecular weight is 370 g/mol. The van der Waals surface area contributed by atoms with E-state index in [4.69, 9.17) is 4.74 Å². The van der Waals surface area contributed by atoms with Crippen LogP contribution in [0.25, 0.3) is 0 Å². The Balaban J connectivity index is 1.86. The minimum atomic E-state index is -4.35. The van der Waals surface area contributed by atoms with Crippen LogP contribution in [-0.4, -0.2) is 39.3 Å². The van der Waals surface area contributed by atoms with Crippen molar-refractivity contribution in [2.24, 2.45) is 5.92 Å². The van der Waals surface area contributed by atoms with Crippen LogP contribution in [0.1, 0.15) is 42.7 Å². The van der Waals surface area contributed by atoms with Crippen molar-refractivity contribution in [2.45, 2.75) is 37.8 Å². The Hall–Kier alpha value is -1.76. The molecule has 0 bridgehead atoms. The minimum Gasteiger partial charge on any atom is -0.469 e. The molecule has 2 aliphatic rings. The predicted molar refractivity (Wildman–Crippen MR) is 93.2 cm³/mol. The predicted octanol–water partition coefficient (Wildman–Crippen LogP) is 3.56. The van der Waals surface area contributed by atoms with Crippen LogP contribution in [0, 0.1) is 5.92 Å². The number of piperazine rings is 1. The van der Waals surface area contributed by atoms with Crippen LogP contribution in [0.3, 0.4) is 0 Å². The van der Waals surface area contributed by atoms with E-state index >= 15 is 0 Å². The van der Waals surface area contributed by atoms with Crippen LogP contribution in [0.15, 0.2) is 18.2 Å². The highest BCUT2D eigenvalue weighted by atomic mass is 19.4. The molecule has 1 saturated carbocycles. The zero-order valence-corrected chi connectivity index (χ0v) is 14.9. The summed E-state index contributed by atoms with van der Waals surface area (Å²) in [5, 5.41) is 3.27. The van der Waals surface area contributed by atoms with Gasteiger partial charge in [0.05, 0.1) is 18.6 Å². The molecular weight excluding hydrogens is 345 g/mol. The normalized spacial score (nSPS) is 24.4. The second-order valence-electron chi connectivity index (χ2n) is 7.08. The summed E-state index contributed by atoms with van der Waals surface area (Å²) < 4.78 is 44.5. The van der Waals surface area contributed by atoms with E-state index in [0.29, 0.717) is 25.7 Å². The van der Waals surface area contributed by atoms with E-state index in [1.807, 2.05) is 0 Å². The van der Waals surface area contributed by atoms with E-state index in [1.54, 1.807) is 6.07 Å². The molecule has 26 heavy (non-hydrogen) atoms. The molecular formula is C19H25F3N2O2. The second kappa shape index (κ2) is 7.86. The number of carbonyl (C=O) groups is 1. The van der Waals surface area contributed by atoms with Crippen molar-refractivity contribution in [3.63, 3.8) is 0 Å². The van der Waals surface area contributed by atoms with Gasteiger partial charge in [0.2, 0.25) is 0 Å². The first-order valence-electron chi connectivity index (χ1n) is 9.14. The van der Waals surface area contributed by atoms with Crippen LogP contribution < -0.4 is 10.2 Å². The molecule has 1 aliphatic heterocycles. The Morgan fingerprint density at radius 3 is 2.38 bits per heavy atom. The second-order valence-corrected chi connectivity index (χ2v) is 7.08. The highest BCUT2D eigenvalue weighted by Gasteiger charge is 2.34. The molecule has 0 radical (unpaired) electrons. The van der Waals surface area contributed by atoms with Gasteiger partial charge in [-0.3, -0.25) is 4.79 Å². The summed E-state index contributed by atoms with van der Waals surface area (Å²) in [5.74, 6) is -0.303. The molecule has 7 heteroatoms. The number of hydrogen-bond acceptors (Lipinski definition) is 4. The monoisotopic (exact) mass is 370 g/mol. The van der Waals surface area contributed by atoms with E-state index in [9.17, 15) is 18.0 Å². The van der Waals surface area contributed by atoms with E-state index < -0.39 is 11.7 Å². The lowest BCUT2D eigenvalue weighted by atomic mass is 9.77. The Morgan fingerprint density at radius 1 is 1.15 bits per heavy atom. The van der Waals surface area contributed by atoms with Gasteiger partial charge < -0.3 is 15.0 Å².